The number of benzene rings is 1. The van der Waals surface area contributed by atoms with Crippen molar-refractivity contribution >= 4 is 17.8 Å². The van der Waals surface area contributed by atoms with Gasteiger partial charge < -0.3 is 10.2 Å². The first-order valence-corrected chi connectivity index (χ1v) is 9.35. The molecule has 1 aromatic carbocycles. The van der Waals surface area contributed by atoms with Crippen LogP contribution in [0.2, 0.25) is 0 Å². The van der Waals surface area contributed by atoms with Crippen LogP contribution in [0, 0.1) is 11.3 Å². The third-order valence-electron chi connectivity index (χ3n) is 5.56. The molecule has 0 aliphatic carbocycles. The molecule has 1 aromatic rings. The second-order valence-electron chi connectivity index (χ2n) is 7.28. The van der Waals surface area contributed by atoms with Crippen molar-refractivity contribution in [3.05, 3.63) is 35.4 Å². The van der Waals surface area contributed by atoms with Crippen molar-refractivity contribution in [3.63, 3.8) is 0 Å². The maximum atomic E-state index is 13.0. The molecule has 27 heavy (non-hydrogen) atoms. The van der Waals surface area contributed by atoms with Gasteiger partial charge >= 0.3 is 6.03 Å². The minimum atomic E-state index is -1.28. The second-order valence-corrected chi connectivity index (χ2v) is 7.28. The van der Waals surface area contributed by atoms with Gasteiger partial charge in [-0.1, -0.05) is 19.1 Å². The molecule has 3 rings (SSSR count). The number of hydrogen-bond acceptors (Lipinski definition) is 4. The van der Waals surface area contributed by atoms with Crippen LogP contribution in [0.3, 0.4) is 0 Å². The van der Waals surface area contributed by atoms with Crippen LogP contribution in [0.5, 0.6) is 0 Å². The number of urea groups is 1. The first kappa shape index (κ1) is 18.9. The monoisotopic (exact) mass is 368 g/mol. The molecular weight excluding hydrogens is 344 g/mol. The van der Waals surface area contributed by atoms with Gasteiger partial charge in [-0.25, -0.2) is 4.79 Å². The highest BCUT2D eigenvalue weighted by Gasteiger charge is 2.50. The average molecular weight is 368 g/mol. The minimum absolute atomic E-state index is 0.172. The van der Waals surface area contributed by atoms with Gasteiger partial charge in [-0.05, 0) is 50.3 Å². The summed E-state index contributed by atoms with van der Waals surface area (Å²) in [6.07, 6.45) is 3.87. The Hall–Kier alpha value is -2.88. The van der Waals surface area contributed by atoms with E-state index in [2.05, 4.69) is 5.32 Å². The first-order valence-electron chi connectivity index (χ1n) is 9.35. The van der Waals surface area contributed by atoms with Crippen LogP contribution in [0.15, 0.2) is 24.3 Å². The van der Waals surface area contributed by atoms with Crippen molar-refractivity contribution in [2.75, 3.05) is 13.1 Å². The largest absolute Gasteiger partial charge is 0.338 e. The normalized spacial score (nSPS) is 25.3. The molecule has 2 saturated heterocycles. The summed E-state index contributed by atoms with van der Waals surface area (Å²) >= 11 is 0. The van der Waals surface area contributed by atoms with Gasteiger partial charge in [0.2, 0.25) is 5.91 Å². The summed E-state index contributed by atoms with van der Waals surface area (Å²) < 4.78 is 0. The van der Waals surface area contributed by atoms with Crippen molar-refractivity contribution in [1.29, 1.82) is 5.26 Å². The number of hydrogen-bond donors (Lipinski definition) is 1. The smallest absolute Gasteiger partial charge is 0.325 e. The summed E-state index contributed by atoms with van der Waals surface area (Å²) in [6.45, 7) is 4.06. The summed E-state index contributed by atoms with van der Waals surface area (Å²) in [5.41, 5.74) is -0.348. The molecule has 2 fully saturated rings. The molecule has 1 N–H and O–H groups in total. The average Bonchev–Trinajstić information content (AvgIpc) is 2.91. The highest BCUT2D eigenvalue weighted by molar-refractivity contribution is 6.09. The maximum Gasteiger partial charge on any atom is 0.325 e. The van der Waals surface area contributed by atoms with Crippen LogP contribution >= 0.6 is 0 Å². The lowest BCUT2D eigenvalue weighted by molar-refractivity contribution is -0.141. The Morgan fingerprint density at radius 3 is 2.85 bits per heavy atom. The third-order valence-corrected chi connectivity index (χ3v) is 5.56. The van der Waals surface area contributed by atoms with E-state index >= 15 is 0 Å². The first-order chi connectivity index (χ1) is 12.9. The van der Waals surface area contributed by atoms with Crippen molar-refractivity contribution < 1.29 is 14.4 Å². The van der Waals surface area contributed by atoms with Gasteiger partial charge in [0.1, 0.15) is 12.1 Å². The van der Waals surface area contributed by atoms with Crippen molar-refractivity contribution in [1.82, 2.24) is 15.1 Å². The molecule has 142 valence electrons. The Bertz CT molecular complexity index is 816. The molecular formula is C20H24N4O3. The zero-order valence-corrected chi connectivity index (χ0v) is 15.7. The van der Waals surface area contributed by atoms with Gasteiger partial charge in [0, 0.05) is 12.6 Å². The lowest BCUT2D eigenvalue weighted by atomic mass is 9.91. The Labute approximate surface area is 158 Å². The molecule has 4 amide bonds. The number of nitrogens with one attached hydrogen (secondary N) is 1. The molecule has 2 unspecified atom stereocenters. The number of nitriles is 1. The highest BCUT2D eigenvalue weighted by Crippen LogP contribution is 2.29. The van der Waals surface area contributed by atoms with E-state index in [0.29, 0.717) is 17.7 Å². The molecule has 0 saturated carbocycles. The highest BCUT2D eigenvalue weighted by atomic mass is 16.2. The van der Waals surface area contributed by atoms with Gasteiger partial charge in [0.05, 0.1) is 11.6 Å². The number of rotatable bonds is 4. The topological polar surface area (TPSA) is 93.5 Å². The number of amides is 4. The summed E-state index contributed by atoms with van der Waals surface area (Å²) in [5.74, 6) is -0.666. The van der Waals surface area contributed by atoms with E-state index in [9.17, 15) is 14.4 Å². The molecule has 0 radical (unpaired) electrons. The van der Waals surface area contributed by atoms with Gasteiger partial charge in [-0.15, -0.1) is 0 Å². The SMILES string of the molecule is CCC1CCCCN1C(=O)CN1C(=O)NC(C)(c2cccc(C#N)c2)C1=O. The number of carbonyl (C=O) groups is 3. The van der Waals surface area contributed by atoms with Crippen LogP contribution in [0.1, 0.15) is 50.7 Å². The van der Waals surface area contributed by atoms with Crippen molar-refractivity contribution in [2.45, 2.75) is 51.1 Å². The summed E-state index contributed by atoms with van der Waals surface area (Å²) in [4.78, 5) is 41.0. The third kappa shape index (κ3) is 3.39. The van der Waals surface area contributed by atoms with Gasteiger partial charge in [0.25, 0.3) is 5.91 Å². The Balaban J connectivity index is 1.79. The predicted octanol–water partition coefficient (Wildman–Crippen LogP) is 2.12. The molecule has 2 aliphatic heterocycles. The Morgan fingerprint density at radius 2 is 2.15 bits per heavy atom. The van der Waals surface area contributed by atoms with E-state index in [-0.39, 0.29) is 18.5 Å². The van der Waals surface area contributed by atoms with Crippen molar-refractivity contribution in [3.8, 4) is 6.07 Å². The summed E-state index contributed by atoms with van der Waals surface area (Å²) in [5, 5.41) is 11.8. The van der Waals surface area contributed by atoms with E-state index in [1.807, 2.05) is 13.0 Å². The fraction of sp³-hybridized carbons (Fsp3) is 0.500. The quantitative estimate of drug-likeness (QED) is 0.824. The number of carbonyl (C=O) groups excluding carboxylic acids is 3. The van der Waals surface area contributed by atoms with E-state index in [4.69, 9.17) is 5.26 Å². The number of imide groups is 1. The Morgan fingerprint density at radius 1 is 1.37 bits per heavy atom. The molecule has 0 aromatic heterocycles. The number of nitrogens with zero attached hydrogens (tertiary/aromatic N) is 3. The van der Waals surface area contributed by atoms with E-state index in [1.54, 1.807) is 36.1 Å². The van der Waals surface area contributed by atoms with Crippen LogP contribution in [0.4, 0.5) is 4.79 Å². The molecule has 7 heteroatoms. The molecule has 2 atom stereocenters. The van der Waals surface area contributed by atoms with Gasteiger partial charge in [0.15, 0.2) is 0 Å². The van der Waals surface area contributed by atoms with Crippen molar-refractivity contribution in [2.24, 2.45) is 0 Å². The van der Waals surface area contributed by atoms with Crippen LogP contribution in [0.25, 0.3) is 0 Å². The lowest BCUT2D eigenvalue weighted by Crippen LogP contribution is -2.49. The second kappa shape index (κ2) is 7.39. The number of piperidine rings is 1. The zero-order valence-electron chi connectivity index (χ0n) is 15.7. The van der Waals surface area contributed by atoms with Crippen LogP contribution in [-0.2, 0) is 15.1 Å². The lowest BCUT2D eigenvalue weighted by Gasteiger charge is -2.36. The fourth-order valence-electron chi connectivity index (χ4n) is 3.92. The maximum absolute atomic E-state index is 13.0. The predicted molar refractivity (Wildman–Crippen MR) is 98.4 cm³/mol. The number of likely N-dealkylation sites (tertiary alicyclic amines) is 1. The molecule has 7 nitrogen and oxygen atoms in total. The summed E-state index contributed by atoms with van der Waals surface area (Å²) in [7, 11) is 0. The molecule has 2 aliphatic rings. The van der Waals surface area contributed by atoms with E-state index < -0.39 is 17.5 Å². The summed E-state index contributed by atoms with van der Waals surface area (Å²) in [6, 6.07) is 8.21. The van der Waals surface area contributed by atoms with E-state index in [1.165, 1.54) is 0 Å². The van der Waals surface area contributed by atoms with E-state index in [0.717, 1.165) is 30.6 Å². The van der Waals surface area contributed by atoms with Gasteiger partial charge in [-0.2, -0.15) is 5.26 Å². The molecule has 2 heterocycles. The minimum Gasteiger partial charge on any atom is -0.338 e. The van der Waals surface area contributed by atoms with Crippen LogP contribution < -0.4 is 5.32 Å². The Kier molecular flexibility index (Phi) is 5.17. The molecule has 0 bridgehead atoms. The standard InChI is InChI=1S/C20H24N4O3/c1-3-16-9-4-5-10-23(16)17(25)13-24-18(26)20(2,22-19(24)27)15-8-6-7-14(11-15)12-21/h6-8,11,16H,3-5,9-10,13H2,1-2H3,(H,22,27). The zero-order chi connectivity index (χ0) is 19.6. The molecule has 0 spiro atoms. The van der Waals surface area contributed by atoms with Crippen LogP contribution in [-0.4, -0.2) is 46.8 Å². The fourth-order valence-corrected chi connectivity index (χ4v) is 3.92. The van der Waals surface area contributed by atoms with Gasteiger partial charge in [-0.3, -0.25) is 14.5 Å².